The normalized spacial score (nSPS) is 14.8. The largest absolute Gasteiger partial charge is 0.493 e. The van der Waals surface area contributed by atoms with Crippen LogP contribution in [0.5, 0.6) is 11.5 Å². The lowest BCUT2D eigenvalue weighted by molar-refractivity contribution is 0.0915. The van der Waals surface area contributed by atoms with Gasteiger partial charge in [-0.3, -0.25) is 9.59 Å². The molecule has 0 radical (unpaired) electrons. The summed E-state index contributed by atoms with van der Waals surface area (Å²) in [5.41, 5.74) is 1.94. The minimum absolute atomic E-state index is 0.0716. The van der Waals surface area contributed by atoms with E-state index in [1.807, 2.05) is 18.2 Å². The van der Waals surface area contributed by atoms with Crippen molar-refractivity contribution < 1.29 is 19.1 Å². The van der Waals surface area contributed by atoms with Crippen molar-refractivity contribution in [1.29, 1.82) is 0 Å². The molecular weight excluding hydrogens is 382 g/mol. The number of carbonyl (C=O) groups is 2. The second kappa shape index (κ2) is 10.1. The van der Waals surface area contributed by atoms with E-state index in [0.717, 1.165) is 31.5 Å². The Bertz CT molecular complexity index is 892. The third kappa shape index (κ3) is 5.51. The van der Waals surface area contributed by atoms with Gasteiger partial charge in [0.15, 0.2) is 11.5 Å². The van der Waals surface area contributed by atoms with Gasteiger partial charge in [0.25, 0.3) is 11.8 Å². The smallest absolute Gasteiger partial charge is 0.251 e. The van der Waals surface area contributed by atoms with Gasteiger partial charge < -0.3 is 25.0 Å². The SMILES string of the molecule is COc1ccc(C(=O)NCc2cccc(C(=O)NC3CCN(C)CC3)c2)cc1OC. The lowest BCUT2D eigenvalue weighted by Crippen LogP contribution is -2.43. The van der Waals surface area contributed by atoms with Crippen molar-refractivity contribution in [2.75, 3.05) is 34.4 Å². The highest BCUT2D eigenvalue weighted by Crippen LogP contribution is 2.27. The number of nitrogens with one attached hydrogen (secondary N) is 2. The minimum atomic E-state index is -0.225. The van der Waals surface area contributed by atoms with Gasteiger partial charge in [-0.1, -0.05) is 12.1 Å². The number of benzene rings is 2. The molecular formula is C23H29N3O4. The first kappa shape index (κ1) is 21.6. The van der Waals surface area contributed by atoms with E-state index < -0.39 is 0 Å². The summed E-state index contributed by atoms with van der Waals surface area (Å²) < 4.78 is 10.4. The van der Waals surface area contributed by atoms with E-state index in [4.69, 9.17) is 9.47 Å². The summed E-state index contributed by atoms with van der Waals surface area (Å²) in [5, 5.41) is 6.00. The number of amides is 2. The summed E-state index contributed by atoms with van der Waals surface area (Å²) in [6.07, 6.45) is 1.92. The maximum atomic E-state index is 12.6. The third-order valence-corrected chi connectivity index (χ3v) is 5.34. The maximum Gasteiger partial charge on any atom is 0.251 e. The van der Waals surface area contributed by atoms with Crippen molar-refractivity contribution in [3.05, 3.63) is 59.2 Å². The van der Waals surface area contributed by atoms with Crippen molar-refractivity contribution in [3.8, 4) is 11.5 Å². The number of methoxy groups -OCH3 is 2. The summed E-state index contributed by atoms with van der Waals surface area (Å²) in [4.78, 5) is 27.4. The molecule has 7 nitrogen and oxygen atoms in total. The lowest BCUT2D eigenvalue weighted by atomic mass is 10.0. The van der Waals surface area contributed by atoms with Crippen LogP contribution in [0.15, 0.2) is 42.5 Å². The van der Waals surface area contributed by atoms with Crippen molar-refractivity contribution in [3.63, 3.8) is 0 Å². The molecule has 0 aromatic heterocycles. The molecule has 7 heteroatoms. The quantitative estimate of drug-likeness (QED) is 0.732. The molecule has 2 amide bonds. The van der Waals surface area contributed by atoms with Gasteiger partial charge >= 0.3 is 0 Å². The Morgan fingerprint density at radius 2 is 1.67 bits per heavy atom. The van der Waals surface area contributed by atoms with Crippen LogP contribution in [0, 0.1) is 0 Å². The first-order valence-corrected chi connectivity index (χ1v) is 10.1. The molecule has 2 aromatic carbocycles. The first-order valence-electron chi connectivity index (χ1n) is 10.1. The lowest BCUT2D eigenvalue weighted by Gasteiger charge is -2.29. The number of likely N-dealkylation sites (tertiary alicyclic amines) is 1. The van der Waals surface area contributed by atoms with Crippen LogP contribution in [0.25, 0.3) is 0 Å². The van der Waals surface area contributed by atoms with Crippen LogP contribution in [0.1, 0.15) is 39.1 Å². The maximum absolute atomic E-state index is 12.6. The molecule has 1 heterocycles. The van der Waals surface area contributed by atoms with Gasteiger partial charge in [-0.25, -0.2) is 0 Å². The number of rotatable bonds is 7. The van der Waals surface area contributed by atoms with Crippen molar-refractivity contribution in [2.24, 2.45) is 0 Å². The molecule has 0 atom stereocenters. The van der Waals surface area contributed by atoms with E-state index in [1.165, 1.54) is 7.11 Å². The van der Waals surface area contributed by atoms with Crippen LogP contribution in [-0.2, 0) is 6.54 Å². The number of nitrogens with zero attached hydrogens (tertiary/aromatic N) is 1. The predicted molar refractivity (Wildman–Crippen MR) is 115 cm³/mol. The zero-order valence-electron chi connectivity index (χ0n) is 17.7. The average molecular weight is 412 g/mol. The van der Waals surface area contributed by atoms with Gasteiger partial charge in [-0.2, -0.15) is 0 Å². The predicted octanol–water partition coefficient (Wildman–Crippen LogP) is 2.46. The summed E-state index contributed by atoms with van der Waals surface area (Å²) in [6, 6.07) is 12.6. The molecule has 0 saturated carbocycles. The molecule has 1 aliphatic rings. The Morgan fingerprint density at radius 3 is 2.37 bits per heavy atom. The average Bonchev–Trinajstić information content (AvgIpc) is 2.78. The first-order chi connectivity index (χ1) is 14.5. The van der Waals surface area contributed by atoms with Gasteiger partial charge in [0.1, 0.15) is 0 Å². The van der Waals surface area contributed by atoms with E-state index in [2.05, 4.69) is 22.6 Å². The van der Waals surface area contributed by atoms with Crippen LogP contribution < -0.4 is 20.1 Å². The standard InChI is InChI=1S/C23H29N3O4/c1-26-11-9-19(10-12-26)25-23(28)17-6-4-5-16(13-17)15-24-22(27)18-7-8-20(29-2)21(14-18)30-3/h4-8,13-14,19H,9-12,15H2,1-3H3,(H,24,27)(H,25,28). The van der Waals surface area contributed by atoms with Gasteiger partial charge in [-0.15, -0.1) is 0 Å². The molecule has 1 saturated heterocycles. The summed E-state index contributed by atoms with van der Waals surface area (Å²) in [5.74, 6) is 0.768. The molecule has 160 valence electrons. The van der Waals surface area contributed by atoms with E-state index in [0.29, 0.717) is 29.2 Å². The van der Waals surface area contributed by atoms with Gasteiger partial charge in [-0.05, 0) is 68.9 Å². The number of ether oxygens (including phenoxy) is 2. The zero-order chi connectivity index (χ0) is 21.5. The number of carbonyl (C=O) groups excluding carboxylic acids is 2. The van der Waals surface area contributed by atoms with E-state index >= 15 is 0 Å². The second-order valence-corrected chi connectivity index (χ2v) is 7.50. The Labute approximate surface area is 177 Å². The Hall–Kier alpha value is -3.06. The highest BCUT2D eigenvalue weighted by Gasteiger charge is 2.19. The summed E-state index contributed by atoms with van der Waals surface area (Å²) in [6.45, 7) is 2.31. The van der Waals surface area contributed by atoms with Crippen molar-refractivity contribution >= 4 is 11.8 Å². The van der Waals surface area contributed by atoms with Crippen LogP contribution in [0.4, 0.5) is 0 Å². The van der Waals surface area contributed by atoms with E-state index in [1.54, 1.807) is 31.4 Å². The fourth-order valence-electron chi connectivity index (χ4n) is 3.51. The topological polar surface area (TPSA) is 79.9 Å². The summed E-state index contributed by atoms with van der Waals surface area (Å²) in [7, 11) is 5.17. The van der Waals surface area contributed by atoms with Crippen LogP contribution in [-0.4, -0.2) is 57.1 Å². The monoisotopic (exact) mass is 411 g/mol. The number of hydrogen-bond acceptors (Lipinski definition) is 5. The molecule has 0 spiro atoms. The van der Waals surface area contributed by atoms with Crippen LogP contribution in [0.2, 0.25) is 0 Å². The molecule has 0 unspecified atom stereocenters. The molecule has 2 aromatic rings. The van der Waals surface area contributed by atoms with E-state index in [-0.39, 0.29) is 17.9 Å². The third-order valence-electron chi connectivity index (χ3n) is 5.34. The molecule has 0 aliphatic carbocycles. The Balaban J connectivity index is 1.58. The zero-order valence-corrected chi connectivity index (χ0v) is 17.7. The number of piperidine rings is 1. The van der Waals surface area contributed by atoms with Crippen LogP contribution >= 0.6 is 0 Å². The minimum Gasteiger partial charge on any atom is -0.493 e. The Kier molecular flexibility index (Phi) is 7.30. The van der Waals surface area contributed by atoms with Gasteiger partial charge in [0.2, 0.25) is 0 Å². The fourth-order valence-corrected chi connectivity index (χ4v) is 3.51. The second-order valence-electron chi connectivity index (χ2n) is 7.50. The molecule has 30 heavy (non-hydrogen) atoms. The molecule has 2 N–H and O–H groups in total. The van der Waals surface area contributed by atoms with Crippen LogP contribution in [0.3, 0.4) is 0 Å². The highest BCUT2D eigenvalue weighted by atomic mass is 16.5. The van der Waals surface area contributed by atoms with Gasteiger partial charge in [0, 0.05) is 23.7 Å². The Morgan fingerprint density at radius 1 is 0.967 bits per heavy atom. The molecule has 0 bridgehead atoms. The molecule has 3 rings (SSSR count). The fraction of sp³-hybridized carbons (Fsp3) is 0.391. The van der Waals surface area contributed by atoms with Gasteiger partial charge in [0.05, 0.1) is 14.2 Å². The van der Waals surface area contributed by atoms with Crippen molar-refractivity contribution in [2.45, 2.75) is 25.4 Å². The highest BCUT2D eigenvalue weighted by molar-refractivity contribution is 5.95. The van der Waals surface area contributed by atoms with Crippen molar-refractivity contribution in [1.82, 2.24) is 15.5 Å². The summed E-state index contributed by atoms with van der Waals surface area (Å²) >= 11 is 0. The van der Waals surface area contributed by atoms with E-state index in [9.17, 15) is 9.59 Å². The molecule has 1 fully saturated rings. The number of hydrogen-bond donors (Lipinski definition) is 2. The molecule has 1 aliphatic heterocycles.